The number of nitrogens with zero attached hydrogens (tertiary/aromatic N) is 3. The van der Waals surface area contributed by atoms with Gasteiger partial charge in [0, 0.05) is 16.8 Å². The van der Waals surface area contributed by atoms with Crippen molar-refractivity contribution in [2.45, 2.75) is 12.4 Å². The van der Waals surface area contributed by atoms with E-state index in [1.807, 2.05) is 6.07 Å². The van der Waals surface area contributed by atoms with E-state index in [9.17, 15) is 4.39 Å². The van der Waals surface area contributed by atoms with E-state index < -0.39 is 0 Å². The van der Waals surface area contributed by atoms with Gasteiger partial charge >= 0.3 is 0 Å². The fourth-order valence-electron chi connectivity index (χ4n) is 2.12. The zero-order valence-electron chi connectivity index (χ0n) is 10.4. The van der Waals surface area contributed by atoms with Gasteiger partial charge in [-0.1, -0.05) is 17.7 Å². The molecule has 20 heavy (non-hydrogen) atoms. The Kier molecular flexibility index (Phi) is 3.59. The first-order valence-electron chi connectivity index (χ1n) is 5.99. The first-order valence-corrected chi connectivity index (χ1v) is 6.91. The maximum absolute atomic E-state index is 13.9. The van der Waals surface area contributed by atoms with Crippen molar-refractivity contribution in [3.05, 3.63) is 58.8 Å². The summed E-state index contributed by atoms with van der Waals surface area (Å²) in [6.45, 7) is 0.251. The highest BCUT2D eigenvalue weighted by Gasteiger charge is 2.14. The topological polar surface area (TPSA) is 30.7 Å². The molecule has 2 heterocycles. The first-order chi connectivity index (χ1) is 9.70. The second kappa shape index (κ2) is 5.38. The van der Waals surface area contributed by atoms with Gasteiger partial charge in [-0.05, 0) is 24.3 Å². The van der Waals surface area contributed by atoms with Crippen molar-refractivity contribution in [1.29, 1.82) is 0 Å². The van der Waals surface area contributed by atoms with Gasteiger partial charge in [0.2, 0.25) is 0 Å². The van der Waals surface area contributed by atoms with Gasteiger partial charge < -0.3 is 4.57 Å². The van der Waals surface area contributed by atoms with Crippen molar-refractivity contribution in [1.82, 2.24) is 14.5 Å². The van der Waals surface area contributed by atoms with E-state index in [2.05, 4.69) is 9.97 Å². The third-order valence-corrected chi connectivity index (χ3v) is 3.67. The minimum Gasteiger partial charge on any atom is -0.307 e. The predicted molar refractivity (Wildman–Crippen MR) is 77.6 cm³/mol. The molecule has 0 saturated carbocycles. The van der Waals surface area contributed by atoms with Crippen molar-refractivity contribution in [3.63, 3.8) is 0 Å². The van der Waals surface area contributed by atoms with Crippen LogP contribution >= 0.6 is 23.2 Å². The molecule has 2 aromatic heterocycles. The lowest BCUT2D eigenvalue weighted by molar-refractivity contribution is 0.598. The summed E-state index contributed by atoms with van der Waals surface area (Å²) in [4.78, 5) is 8.67. The highest BCUT2D eigenvalue weighted by molar-refractivity contribution is 6.31. The van der Waals surface area contributed by atoms with Crippen molar-refractivity contribution in [2.24, 2.45) is 0 Å². The van der Waals surface area contributed by atoms with Gasteiger partial charge in [0.05, 0.1) is 12.4 Å². The molecule has 3 rings (SSSR count). The molecular formula is C14H10Cl2FN3. The summed E-state index contributed by atoms with van der Waals surface area (Å²) in [5.41, 5.74) is 1.81. The van der Waals surface area contributed by atoms with Gasteiger partial charge in [-0.15, -0.1) is 11.6 Å². The SMILES string of the molecule is Fc1cccc(Cl)c1Cn1c(CCl)nc2cccnc21. The van der Waals surface area contributed by atoms with Gasteiger partial charge in [-0.25, -0.2) is 14.4 Å². The number of alkyl halides is 1. The molecule has 6 heteroatoms. The molecule has 102 valence electrons. The van der Waals surface area contributed by atoms with E-state index >= 15 is 0 Å². The molecule has 0 aliphatic carbocycles. The number of hydrogen-bond acceptors (Lipinski definition) is 2. The standard InChI is InChI=1S/C14H10Cl2FN3/c15-7-13-19-12-5-2-6-18-14(12)20(13)8-9-10(16)3-1-4-11(9)17/h1-6H,7-8H2. The summed E-state index contributed by atoms with van der Waals surface area (Å²) >= 11 is 12.0. The molecule has 0 atom stereocenters. The Morgan fingerprint density at radius 3 is 2.80 bits per heavy atom. The van der Waals surface area contributed by atoms with Gasteiger partial charge in [-0.3, -0.25) is 0 Å². The average molecular weight is 310 g/mol. The summed E-state index contributed by atoms with van der Waals surface area (Å²) in [5.74, 6) is 0.512. The molecule has 0 saturated heterocycles. The number of benzene rings is 1. The van der Waals surface area contributed by atoms with E-state index in [4.69, 9.17) is 23.2 Å². The van der Waals surface area contributed by atoms with Crippen LogP contribution in [0.25, 0.3) is 11.2 Å². The highest BCUT2D eigenvalue weighted by atomic mass is 35.5. The molecule has 0 spiro atoms. The van der Waals surface area contributed by atoms with E-state index in [0.29, 0.717) is 22.1 Å². The van der Waals surface area contributed by atoms with Gasteiger partial charge in [0.25, 0.3) is 0 Å². The van der Waals surface area contributed by atoms with Crippen LogP contribution in [0.15, 0.2) is 36.5 Å². The Balaban J connectivity index is 2.15. The molecule has 0 radical (unpaired) electrons. The highest BCUT2D eigenvalue weighted by Crippen LogP contribution is 2.23. The zero-order chi connectivity index (χ0) is 14.1. The molecule has 3 aromatic rings. The second-order valence-electron chi connectivity index (χ2n) is 4.29. The van der Waals surface area contributed by atoms with Gasteiger partial charge in [-0.2, -0.15) is 0 Å². The molecule has 0 N–H and O–H groups in total. The maximum Gasteiger partial charge on any atom is 0.160 e. The van der Waals surface area contributed by atoms with Crippen LogP contribution < -0.4 is 0 Å². The van der Waals surface area contributed by atoms with Gasteiger partial charge in [0.1, 0.15) is 17.2 Å². The molecule has 0 fully saturated rings. The lowest BCUT2D eigenvalue weighted by Gasteiger charge is -2.09. The van der Waals surface area contributed by atoms with Crippen LogP contribution in [0.5, 0.6) is 0 Å². The van der Waals surface area contributed by atoms with Crippen LogP contribution in [0.4, 0.5) is 4.39 Å². The molecule has 0 unspecified atom stereocenters. The molecule has 1 aromatic carbocycles. The lowest BCUT2D eigenvalue weighted by atomic mass is 10.2. The van der Waals surface area contributed by atoms with Crippen molar-refractivity contribution >= 4 is 34.4 Å². The third-order valence-electron chi connectivity index (χ3n) is 3.08. The predicted octanol–water partition coefficient (Wildman–Crippen LogP) is 4.01. The number of aromatic nitrogens is 3. The second-order valence-corrected chi connectivity index (χ2v) is 4.97. The van der Waals surface area contributed by atoms with Crippen LogP contribution in [0.2, 0.25) is 5.02 Å². The molecule has 0 aliphatic rings. The first kappa shape index (κ1) is 13.3. The molecular weight excluding hydrogens is 300 g/mol. The smallest absolute Gasteiger partial charge is 0.160 e. The Labute approximate surface area is 125 Å². The van der Waals surface area contributed by atoms with Crippen LogP contribution in [0, 0.1) is 5.82 Å². The average Bonchev–Trinajstić information content (AvgIpc) is 2.81. The van der Waals surface area contributed by atoms with E-state index in [1.165, 1.54) is 6.07 Å². The van der Waals surface area contributed by atoms with E-state index in [0.717, 1.165) is 5.52 Å². The Hall–Kier alpha value is -1.65. The normalized spacial score (nSPS) is 11.2. The Morgan fingerprint density at radius 1 is 1.20 bits per heavy atom. The minimum atomic E-state index is -0.351. The number of rotatable bonds is 3. The lowest BCUT2D eigenvalue weighted by Crippen LogP contribution is -2.07. The van der Waals surface area contributed by atoms with Crippen LogP contribution in [-0.4, -0.2) is 14.5 Å². The van der Waals surface area contributed by atoms with Crippen LogP contribution in [0.3, 0.4) is 0 Å². The molecule has 3 nitrogen and oxygen atoms in total. The molecule has 0 bridgehead atoms. The summed E-state index contributed by atoms with van der Waals surface area (Å²) in [7, 11) is 0. The van der Waals surface area contributed by atoms with Crippen molar-refractivity contribution in [3.8, 4) is 0 Å². The summed E-state index contributed by atoms with van der Waals surface area (Å²) in [6, 6.07) is 8.26. The number of halogens is 3. The van der Waals surface area contributed by atoms with E-state index in [1.54, 1.807) is 29.0 Å². The third kappa shape index (κ3) is 2.25. The number of fused-ring (bicyclic) bond motifs is 1. The number of imidazole rings is 1. The van der Waals surface area contributed by atoms with Crippen molar-refractivity contribution < 1.29 is 4.39 Å². The fraction of sp³-hybridized carbons (Fsp3) is 0.143. The van der Waals surface area contributed by atoms with Crippen molar-refractivity contribution in [2.75, 3.05) is 0 Å². The summed E-state index contributed by atoms with van der Waals surface area (Å²) in [6.07, 6.45) is 1.67. The van der Waals surface area contributed by atoms with Crippen LogP contribution in [0.1, 0.15) is 11.4 Å². The summed E-state index contributed by atoms with van der Waals surface area (Å²) < 4.78 is 15.7. The van der Waals surface area contributed by atoms with Crippen LogP contribution in [-0.2, 0) is 12.4 Å². The Bertz CT molecular complexity index is 750. The maximum atomic E-state index is 13.9. The quantitative estimate of drug-likeness (QED) is 0.684. The molecule has 0 amide bonds. The largest absolute Gasteiger partial charge is 0.307 e. The Morgan fingerprint density at radius 2 is 2.05 bits per heavy atom. The fourth-order valence-corrected chi connectivity index (χ4v) is 2.54. The minimum absolute atomic E-state index is 0.225. The summed E-state index contributed by atoms with van der Waals surface area (Å²) in [5, 5.41) is 0.378. The van der Waals surface area contributed by atoms with Gasteiger partial charge in [0.15, 0.2) is 5.65 Å². The number of hydrogen-bond donors (Lipinski definition) is 0. The zero-order valence-corrected chi connectivity index (χ0v) is 11.9. The van der Waals surface area contributed by atoms with E-state index in [-0.39, 0.29) is 18.2 Å². The monoisotopic (exact) mass is 309 g/mol. The molecule has 0 aliphatic heterocycles. The number of pyridine rings is 1.